The molecule has 1 N–H and O–H groups in total. The van der Waals surface area contributed by atoms with E-state index in [9.17, 15) is 5.11 Å². The van der Waals surface area contributed by atoms with Gasteiger partial charge in [-0.2, -0.15) is 0 Å². The minimum atomic E-state index is -0.409. The first-order valence-corrected chi connectivity index (χ1v) is 7.55. The largest absolute Gasteiger partial charge is 0.493 e. The maximum atomic E-state index is 9.81. The summed E-state index contributed by atoms with van der Waals surface area (Å²) in [5.74, 6) is 1.86. The van der Waals surface area contributed by atoms with Crippen molar-refractivity contribution in [2.24, 2.45) is 0 Å². The Kier molecular flexibility index (Phi) is 3.91. The third-order valence-corrected chi connectivity index (χ3v) is 4.47. The molecule has 1 heterocycles. The molecule has 1 aromatic rings. The van der Waals surface area contributed by atoms with Gasteiger partial charge in [0.05, 0.1) is 13.2 Å². The lowest BCUT2D eigenvalue weighted by Gasteiger charge is -2.24. The molecule has 114 valence electrons. The van der Waals surface area contributed by atoms with Crippen molar-refractivity contribution >= 4 is 0 Å². The second-order valence-corrected chi connectivity index (χ2v) is 5.87. The molecule has 1 aliphatic heterocycles. The summed E-state index contributed by atoms with van der Waals surface area (Å²) in [7, 11) is 3.79. The molecule has 0 radical (unpaired) electrons. The summed E-state index contributed by atoms with van der Waals surface area (Å²) in [5.41, 5.74) is 2.51. The molecule has 0 fully saturated rings. The zero-order chi connectivity index (χ0) is 15.0. The van der Waals surface area contributed by atoms with Crippen LogP contribution in [0.25, 0.3) is 0 Å². The van der Waals surface area contributed by atoms with Gasteiger partial charge in [-0.05, 0) is 25.2 Å². The van der Waals surface area contributed by atoms with Crippen molar-refractivity contribution in [3.05, 3.63) is 35.4 Å². The van der Waals surface area contributed by atoms with Crippen LogP contribution >= 0.6 is 0 Å². The van der Waals surface area contributed by atoms with E-state index >= 15 is 0 Å². The lowest BCUT2D eigenvalue weighted by atomic mass is 9.85. The molecule has 1 aromatic carbocycles. The summed E-state index contributed by atoms with van der Waals surface area (Å²) in [4.78, 5) is 2.27. The summed E-state index contributed by atoms with van der Waals surface area (Å²) in [6.07, 6.45) is 4.21. The maximum absolute atomic E-state index is 9.81. The summed E-state index contributed by atoms with van der Waals surface area (Å²) in [6, 6.07) is 4.11. The number of ether oxygens (including phenoxy) is 2. The molecular weight excluding hydrogens is 266 g/mol. The Labute approximate surface area is 126 Å². The Bertz CT molecular complexity index is 555. The highest BCUT2D eigenvalue weighted by Crippen LogP contribution is 2.49. The molecule has 3 unspecified atom stereocenters. The molecule has 0 aromatic heterocycles. The standard InChI is InChI=1S/C17H23NO3/c1-4-18(2)10-11-5-8-14(20-3)17-16(11)13-7-6-12(19)9-15(13)21-17/h5-8,12-13,15,19H,4,9-10H2,1-3H3. The van der Waals surface area contributed by atoms with Crippen LogP contribution in [0, 0.1) is 0 Å². The van der Waals surface area contributed by atoms with Gasteiger partial charge in [-0.15, -0.1) is 0 Å². The smallest absolute Gasteiger partial charge is 0.165 e. The zero-order valence-electron chi connectivity index (χ0n) is 12.9. The number of fused-ring (bicyclic) bond motifs is 3. The molecule has 0 saturated carbocycles. The fraction of sp³-hybridized carbons (Fsp3) is 0.529. The predicted octanol–water partition coefficient (Wildman–Crippen LogP) is 2.31. The molecule has 0 amide bonds. The Balaban J connectivity index is 2.02. The van der Waals surface area contributed by atoms with Crippen molar-refractivity contribution in [1.82, 2.24) is 4.90 Å². The van der Waals surface area contributed by atoms with Crippen LogP contribution in [0.15, 0.2) is 24.3 Å². The van der Waals surface area contributed by atoms with E-state index in [1.54, 1.807) is 7.11 Å². The molecular formula is C17H23NO3. The lowest BCUT2D eigenvalue weighted by molar-refractivity contribution is 0.117. The van der Waals surface area contributed by atoms with Gasteiger partial charge >= 0.3 is 0 Å². The molecule has 4 nitrogen and oxygen atoms in total. The second-order valence-electron chi connectivity index (χ2n) is 5.87. The third kappa shape index (κ3) is 2.54. The van der Waals surface area contributed by atoms with E-state index in [4.69, 9.17) is 9.47 Å². The molecule has 0 bridgehead atoms. The first kappa shape index (κ1) is 14.4. The van der Waals surface area contributed by atoms with E-state index in [-0.39, 0.29) is 12.0 Å². The normalized spacial score (nSPS) is 26.4. The highest BCUT2D eigenvalue weighted by Gasteiger charge is 2.39. The maximum Gasteiger partial charge on any atom is 0.165 e. The van der Waals surface area contributed by atoms with Crippen LogP contribution in [0.4, 0.5) is 0 Å². The first-order chi connectivity index (χ1) is 10.1. The number of benzene rings is 1. The van der Waals surface area contributed by atoms with Gasteiger partial charge in [0.2, 0.25) is 0 Å². The van der Waals surface area contributed by atoms with Crippen molar-refractivity contribution < 1.29 is 14.6 Å². The summed E-state index contributed by atoms with van der Waals surface area (Å²) in [6.45, 7) is 4.05. The van der Waals surface area contributed by atoms with Gasteiger partial charge < -0.3 is 19.5 Å². The molecule has 0 spiro atoms. The molecule has 0 saturated heterocycles. The SMILES string of the molecule is CCN(C)Cc1ccc(OC)c2c1C1C=CC(O)CC1O2. The average molecular weight is 289 g/mol. The van der Waals surface area contributed by atoms with Crippen molar-refractivity contribution in [3.63, 3.8) is 0 Å². The van der Waals surface area contributed by atoms with E-state index in [1.165, 1.54) is 11.1 Å². The molecule has 3 rings (SSSR count). The highest BCUT2D eigenvalue weighted by molar-refractivity contribution is 5.57. The Morgan fingerprint density at radius 2 is 2.19 bits per heavy atom. The number of nitrogens with zero attached hydrogens (tertiary/aromatic N) is 1. The fourth-order valence-electron chi connectivity index (χ4n) is 3.20. The number of hydrogen-bond acceptors (Lipinski definition) is 4. The number of aliphatic hydroxyl groups is 1. The van der Waals surface area contributed by atoms with Crippen LogP contribution in [0.3, 0.4) is 0 Å². The quantitative estimate of drug-likeness (QED) is 0.864. The van der Waals surface area contributed by atoms with Gasteiger partial charge in [0.25, 0.3) is 0 Å². The van der Waals surface area contributed by atoms with Crippen molar-refractivity contribution in [2.45, 2.75) is 38.0 Å². The van der Waals surface area contributed by atoms with Crippen LogP contribution in [-0.4, -0.2) is 42.9 Å². The van der Waals surface area contributed by atoms with Crippen LogP contribution in [0.2, 0.25) is 0 Å². The minimum Gasteiger partial charge on any atom is -0.493 e. The number of hydrogen-bond donors (Lipinski definition) is 1. The number of methoxy groups -OCH3 is 1. The lowest BCUT2D eigenvalue weighted by Crippen LogP contribution is -2.27. The van der Waals surface area contributed by atoms with Gasteiger partial charge in [0, 0.05) is 24.4 Å². The third-order valence-electron chi connectivity index (χ3n) is 4.47. The van der Waals surface area contributed by atoms with E-state index in [1.807, 2.05) is 12.1 Å². The van der Waals surface area contributed by atoms with Crippen LogP contribution in [0.5, 0.6) is 11.5 Å². The van der Waals surface area contributed by atoms with Crippen LogP contribution < -0.4 is 9.47 Å². The topological polar surface area (TPSA) is 41.9 Å². The van der Waals surface area contributed by atoms with Crippen molar-refractivity contribution in [2.75, 3.05) is 20.7 Å². The number of aliphatic hydroxyl groups excluding tert-OH is 1. The van der Waals surface area contributed by atoms with Crippen LogP contribution in [-0.2, 0) is 6.54 Å². The Hall–Kier alpha value is -1.52. The average Bonchev–Trinajstić information content (AvgIpc) is 2.86. The van der Waals surface area contributed by atoms with Gasteiger partial charge in [-0.1, -0.05) is 25.1 Å². The second kappa shape index (κ2) is 5.70. The molecule has 1 aliphatic carbocycles. The molecule has 2 aliphatic rings. The highest BCUT2D eigenvalue weighted by atomic mass is 16.5. The molecule has 21 heavy (non-hydrogen) atoms. The van der Waals surface area contributed by atoms with E-state index in [0.717, 1.165) is 24.6 Å². The van der Waals surface area contributed by atoms with Crippen LogP contribution in [0.1, 0.15) is 30.4 Å². The van der Waals surface area contributed by atoms with E-state index < -0.39 is 6.10 Å². The molecule has 4 heteroatoms. The van der Waals surface area contributed by atoms with Gasteiger partial charge in [0.15, 0.2) is 11.5 Å². The number of rotatable bonds is 4. The zero-order valence-corrected chi connectivity index (χ0v) is 12.9. The van der Waals surface area contributed by atoms with Crippen molar-refractivity contribution in [1.29, 1.82) is 0 Å². The first-order valence-electron chi connectivity index (χ1n) is 7.55. The van der Waals surface area contributed by atoms with Gasteiger partial charge in [0.1, 0.15) is 6.10 Å². The fourth-order valence-corrected chi connectivity index (χ4v) is 3.20. The van der Waals surface area contributed by atoms with E-state index in [2.05, 4.69) is 31.0 Å². The van der Waals surface area contributed by atoms with Gasteiger partial charge in [-0.25, -0.2) is 0 Å². The Morgan fingerprint density at radius 1 is 1.38 bits per heavy atom. The predicted molar refractivity (Wildman–Crippen MR) is 81.9 cm³/mol. The monoisotopic (exact) mass is 289 g/mol. The minimum absolute atomic E-state index is 0.0157. The van der Waals surface area contributed by atoms with Gasteiger partial charge in [-0.3, -0.25) is 0 Å². The Morgan fingerprint density at radius 3 is 2.90 bits per heavy atom. The summed E-state index contributed by atoms with van der Waals surface area (Å²) in [5, 5.41) is 9.81. The summed E-state index contributed by atoms with van der Waals surface area (Å²) >= 11 is 0. The molecule has 3 atom stereocenters. The summed E-state index contributed by atoms with van der Waals surface area (Å²) < 4.78 is 11.6. The van der Waals surface area contributed by atoms with Crippen molar-refractivity contribution in [3.8, 4) is 11.5 Å². The van der Waals surface area contributed by atoms with E-state index in [0.29, 0.717) is 6.42 Å².